The third kappa shape index (κ3) is 4.25. The minimum absolute atomic E-state index is 0.0976. The molecule has 0 saturated carbocycles. The fourth-order valence-corrected chi connectivity index (χ4v) is 2.12. The van der Waals surface area contributed by atoms with Gasteiger partial charge in [0.25, 0.3) is 0 Å². The highest BCUT2D eigenvalue weighted by atomic mass is 32.2. The van der Waals surface area contributed by atoms with Gasteiger partial charge < -0.3 is 10.1 Å². The summed E-state index contributed by atoms with van der Waals surface area (Å²) in [4.78, 5) is 23.7. The fraction of sp³-hybridized carbons (Fsp3) is 0.231. The van der Waals surface area contributed by atoms with Crippen molar-refractivity contribution in [3.05, 3.63) is 42.5 Å². The van der Waals surface area contributed by atoms with E-state index in [2.05, 4.69) is 16.6 Å². The van der Waals surface area contributed by atoms with E-state index in [1.165, 1.54) is 18.9 Å². The van der Waals surface area contributed by atoms with E-state index in [4.69, 9.17) is 0 Å². The summed E-state index contributed by atoms with van der Waals surface area (Å²) in [7, 11) is 1.33. The zero-order valence-corrected chi connectivity index (χ0v) is 11.0. The third-order valence-corrected chi connectivity index (χ3v) is 3.17. The van der Waals surface area contributed by atoms with Crippen LogP contribution in [0.5, 0.6) is 0 Å². The standard InChI is InChI=1S/C13H15NO3S/c1-3-8-14-12(15)9-18-11-7-5-4-6-10(11)13(16)17-2/h3-7H,1,8-9H2,2H3,(H,14,15). The van der Waals surface area contributed by atoms with Crippen LogP contribution in [-0.2, 0) is 9.53 Å². The molecule has 0 bridgehead atoms. The molecule has 1 rings (SSSR count). The van der Waals surface area contributed by atoms with Crippen molar-refractivity contribution in [3.8, 4) is 0 Å². The van der Waals surface area contributed by atoms with Gasteiger partial charge >= 0.3 is 5.97 Å². The first-order valence-corrected chi connectivity index (χ1v) is 6.35. The second kappa shape index (κ2) is 7.55. The first-order chi connectivity index (χ1) is 8.69. The van der Waals surface area contributed by atoms with Crippen molar-refractivity contribution >= 4 is 23.6 Å². The highest BCUT2D eigenvalue weighted by molar-refractivity contribution is 8.00. The molecule has 1 amide bonds. The molecule has 1 N–H and O–H groups in total. The van der Waals surface area contributed by atoms with Gasteiger partial charge in [-0.3, -0.25) is 4.79 Å². The summed E-state index contributed by atoms with van der Waals surface area (Å²) < 4.78 is 4.68. The Hall–Kier alpha value is -1.75. The molecule has 0 atom stereocenters. The first kappa shape index (κ1) is 14.3. The molecule has 1 aromatic rings. The number of carbonyl (C=O) groups excluding carboxylic acids is 2. The summed E-state index contributed by atoms with van der Waals surface area (Å²) in [5.41, 5.74) is 0.474. The van der Waals surface area contributed by atoms with E-state index in [0.29, 0.717) is 12.1 Å². The fourth-order valence-electron chi connectivity index (χ4n) is 1.25. The van der Waals surface area contributed by atoms with E-state index in [1.807, 2.05) is 6.07 Å². The summed E-state index contributed by atoms with van der Waals surface area (Å²) in [5.74, 6) is -0.244. The average Bonchev–Trinajstić information content (AvgIpc) is 2.42. The van der Waals surface area contributed by atoms with E-state index < -0.39 is 5.97 Å². The van der Waals surface area contributed by atoms with Crippen molar-refractivity contribution in [3.63, 3.8) is 0 Å². The Morgan fingerprint density at radius 1 is 1.44 bits per heavy atom. The lowest BCUT2D eigenvalue weighted by atomic mass is 10.2. The Labute approximate surface area is 110 Å². The molecule has 0 aliphatic rings. The second-order valence-corrected chi connectivity index (χ2v) is 4.39. The number of ether oxygens (including phenoxy) is 1. The summed E-state index contributed by atoms with van der Waals surface area (Å²) in [6, 6.07) is 7.04. The van der Waals surface area contributed by atoms with Gasteiger partial charge in [0.05, 0.1) is 18.4 Å². The van der Waals surface area contributed by atoms with Crippen LogP contribution in [0.1, 0.15) is 10.4 Å². The summed E-state index contributed by atoms with van der Waals surface area (Å²) in [6.45, 7) is 3.96. The van der Waals surface area contributed by atoms with E-state index in [0.717, 1.165) is 4.90 Å². The summed E-state index contributed by atoms with van der Waals surface area (Å²) >= 11 is 1.30. The van der Waals surface area contributed by atoms with Crippen LogP contribution >= 0.6 is 11.8 Å². The largest absolute Gasteiger partial charge is 0.465 e. The Kier molecular flexibility index (Phi) is 6.00. The average molecular weight is 265 g/mol. The predicted molar refractivity (Wildman–Crippen MR) is 71.7 cm³/mol. The number of rotatable bonds is 6. The maximum atomic E-state index is 11.5. The van der Waals surface area contributed by atoms with Gasteiger partial charge in [-0.1, -0.05) is 18.2 Å². The van der Waals surface area contributed by atoms with Gasteiger partial charge in [-0.15, -0.1) is 18.3 Å². The molecule has 5 heteroatoms. The first-order valence-electron chi connectivity index (χ1n) is 5.36. The second-order valence-electron chi connectivity index (χ2n) is 3.37. The number of carbonyl (C=O) groups is 2. The predicted octanol–water partition coefficient (Wildman–Crippen LogP) is 1.87. The van der Waals surface area contributed by atoms with Gasteiger partial charge in [0.15, 0.2) is 0 Å². The molecule has 0 unspecified atom stereocenters. The lowest BCUT2D eigenvalue weighted by Crippen LogP contribution is -2.25. The van der Waals surface area contributed by atoms with E-state index in [1.54, 1.807) is 24.3 Å². The molecule has 0 spiro atoms. The molecule has 0 radical (unpaired) electrons. The molecule has 4 nitrogen and oxygen atoms in total. The zero-order chi connectivity index (χ0) is 13.4. The summed E-state index contributed by atoms with van der Waals surface area (Å²) in [5, 5.41) is 2.67. The van der Waals surface area contributed by atoms with Crippen LogP contribution < -0.4 is 5.32 Å². The van der Waals surface area contributed by atoms with Crippen molar-refractivity contribution < 1.29 is 14.3 Å². The van der Waals surface area contributed by atoms with Crippen molar-refractivity contribution in [2.24, 2.45) is 0 Å². The van der Waals surface area contributed by atoms with E-state index >= 15 is 0 Å². The number of esters is 1. The molecular weight excluding hydrogens is 250 g/mol. The van der Waals surface area contributed by atoms with Crippen molar-refractivity contribution in [1.29, 1.82) is 0 Å². The maximum Gasteiger partial charge on any atom is 0.338 e. The third-order valence-electron chi connectivity index (χ3n) is 2.09. The number of hydrogen-bond donors (Lipinski definition) is 1. The van der Waals surface area contributed by atoms with Gasteiger partial charge in [0.2, 0.25) is 5.91 Å². The number of benzene rings is 1. The van der Waals surface area contributed by atoms with Crippen LogP contribution in [0, 0.1) is 0 Å². The van der Waals surface area contributed by atoms with Gasteiger partial charge in [0.1, 0.15) is 0 Å². The topological polar surface area (TPSA) is 55.4 Å². The Morgan fingerprint density at radius 3 is 2.83 bits per heavy atom. The molecule has 18 heavy (non-hydrogen) atoms. The SMILES string of the molecule is C=CCNC(=O)CSc1ccccc1C(=O)OC. The van der Waals surface area contributed by atoms with Gasteiger partial charge in [-0.25, -0.2) is 4.79 Å². The van der Waals surface area contributed by atoms with Crippen LogP contribution in [0.2, 0.25) is 0 Å². The van der Waals surface area contributed by atoms with Crippen molar-refractivity contribution in [1.82, 2.24) is 5.32 Å². The van der Waals surface area contributed by atoms with Crippen molar-refractivity contribution in [2.45, 2.75) is 4.90 Å². The van der Waals surface area contributed by atoms with Gasteiger partial charge in [-0.2, -0.15) is 0 Å². The zero-order valence-electron chi connectivity index (χ0n) is 10.1. The van der Waals surface area contributed by atoms with E-state index in [-0.39, 0.29) is 11.7 Å². The van der Waals surface area contributed by atoms with Crippen LogP contribution in [0.3, 0.4) is 0 Å². The smallest absolute Gasteiger partial charge is 0.338 e. The Balaban J connectivity index is 2.64. The molecule has 96 valence electrons. The number of methoxy groups -OCH3 is 1. The Bertz CT molecular complexity index is 446. The highest BCUT2D eigenvalue weighted by Gasteiger charge is 2.12. The van der Waals surface area contributed by atoms with Crippen LogP contribution in [-0.4, -0.2) is 31.3 Å². The molecule has 0 fully saturated rings. The molecule has 1 aromatic carbocycles. The molecule has 0 aliphatic heterocycles. The van der Waals surface area contributed by atoms with Crippen molar-refractivity contribution in [2.75, 3.05) is 19.4 Å². The molecule has 0 heterocycles. The van der Waals surface area contributed by atoms with Crippen LogP contribution in [0.4, 0.5) is 0 Å². The number of thioether (sulfide) groups is 1. The van der Waals surface area contributed by atoms with Crippen LogP contribution in [0.25, 0.3) is 0 Å². The Morgan fingerprint density at radius 2 is 2.17 bits per heavy atom. The monoisotopic (exact) mass is 265 g/mol. The molecular formula is C13H15NO3S. The number of hydrogen-bond acceptors (Lipinski definition) is 4. The number of amides is 1. The normalized spacial score (nSPS) is 9.61. The molecule has 0 saturated heterocycles. The minimum atomic E-state index is -0.399. The van der Waals surface area contributed by atoms with Crippen LogP contribution in [0.15, 0.2) is 41.8 Å². The van der Waals surface area contributed by atoms with Gasteiger partial charge in [-0.05, 0) is 12.1 Å². The van der Waals surface area contributed by atoms with Gasteiger partial charge in [0, 0.05) is 11.4 Å². The van der Waals surface area contributed by atoms with E-state index in [9.17, 15) is 9.59 Å². The lowest BCUT2D eigenvalue weighted by molar-refractivity contribution is -0.118. The molecule has 0 aromatic heterocycles. The lowest BCUT2D eigenvalue weighted by Gasteiger charge is -2.07. The minimum Gasteiger partial charge on any atom is -0.465 e. The number of nitrogens with one attached hydrogen (secondary N) is 1. The molecule has 0 aliphatic carbocycles. The highest BCUT2D eigenvalue weighted by Crippen LogP contribution is 2.22. The quantitative estimate of drug-likeness (QED) is 0.484. The summed E-state index contributed by atoms with van der Waals surface area (Å²) in [6.07, 6.45) is 1.62. The maximum absolute atomic E-state index is 11.5.